The molecule has 22 heavy (non-hydrogen) atoms. The van der Waals surface area contributed by atoms with Gasteiger partial charge in [-0.3, -0.25) is 4.79 Å². The van der Waals surface area contributed by atoms with E-state index in [0.29, 0.717) is 0 Å². The summed E-state index contributed by atoms with van der Waals surface area (Å²) in [5.74, 6) is 2.13. The van der Waals surface area contributed by atoms with Crippen LogP contribution in [0.4, 0.5) is 0 Å². The zero-order chi connectivity index (χ0) is 15.8. The van der Waals surface area contributed by atoms with E-state index in [-0.39, 0.29) is 5.92 Å². The molecule has 0 aromatic heterocycles. The number of carboxylic acids is 1. The maximum absolute atomic E-state index is 11.0. The summed E-state index contributed by atoms with van der Waals surface area (Å²) in [5.41, 5.74) is 0. The predicted molar refractivity (Wildman–Crippen MR) is 91.9 cm³/mol. The van der Waals surface area contributed by atoms with Gasteiger partial charge in [-0.2, -0.15) is 0 Å². The molecule has 0 aromatic carbocycles. The Morgan fingerprint density at radius 2 is 1.36 bits per heavy atom. The Labute approximate surface area is 137 Å². The molecular weight excluding hydrogens is 272 g/mol. The number of hydrogen-bond donors (Lipinski definition) is 1. The van der Waals surface area contributed by atoms with Crippen LogP contribution in [0, 0.1) is 23.7 Å². The Hall–Kier alpha value is -0.530. The van der Waals surface area contributed by atoms with Gasteiger partial charge in [0.05, 0.1) is 5.92 Å². The van der Waals surface area contributed by atoms with Gasteiger partial charge in [0.15, 0.2) is 0 Å². The van der Waals surface area contributed by atoms with Gasteiger partial charge in [0.25, 0.3) is 0 Å². The summed E-state index contributed by atoms with van der Waals surface area (Å²) in [6.07, 6.45) is 18.4. The third-order valence-corrected chi connectivity index (χ3v) is 6.40. The number of hydrogen-bond acceptors (Lipinski definition) is 1. The molecule has 2 nitrogen and oxygen atoms in total. The van der Waals surface area contributed by atoms with Crippen molar-refractivity contribution in [3.05, 3.63) is 0 Å². The Kier molecular flexibility index (Phi) is 7.75. The Morgan fingerprint density at radius 1 is 0.818 bits per heavy atom. The standard InChI is InChI=1S/C20H36O2/c1-2-3-4-5-6-7-16-8-10-17(11-9-16)18-12-14-19(15-13-18)20(21)22/h16-19H,2-15H2,1H3,(H,21,22)/t16-,17-,18-,19-. The van der Waals surface area contributed by atoms with Gasteiger partial charge < -0.3 is 5.11 Å². The minimum Gasteiger partial charge on any atom is -0.481 e. The van der Waals surface area contributed by atoms with Crippen LogP contribution in [0.1, 0.15) is 96.8 Å². The number of rotatable bonds is 8. The van der Waals surface area contributed by atoms with E-state index in [2.05, 4.69) is 6.92 Å². The molecule has 2 rings (SSSR count). The summed E-state index contributed by atoms with van der Waals surface area (Å²) < 4.78 is 0. The largest absolute Gasteiger partial charge is 0.481 e. The molecule has 0 aliphatic heterocycles. The van der Waals surface area contributed by atoms with Crippen molar-refractivity contribution in [3.8, 4) is 0 Å². The molecule has 2 saturated carbocycles. The highest BCUT2D eigenvalue weighted by Crippen LogP contribution is 2.42. The first-order chi connectivity index (χ1) is 10.7. The highest BCUT2D eigenvalue weighted by atomic mass is 16.4. The summed E-state index contributed by atoms with van der Waals surface area (Å²) >= 11 is 0. The Balaban J connectivity index is 1.58. The number of carbonyl (C=O) groups is 1. The van der Waals surface area contributed by atoms with Crippen LogP contribution in [0.5, 0.6) is 0 Å². The minimum atomic E-state index is -0.565. The van der Waals surface area contributed by atoms with Gasteiger partial charge in [-0.05, 0) is 56.3 Å². The van der Waals surface area contributed by atoms with Crippen molar-refractivity contribution in [1.82, 2.24) is 0 Å². The van der Waals surface area contributed by atoms with Crippen molar-refractivity contribution < 1.29 is 9.90 Å². The van der Waals surface area contributed by atoms with E-state index in [9.17, 15) is 4.79 Å². The Morgan fingerprint density at radius 3 is 1.91 bits per heavy atom. The molecule has 0 spiro atoms. The topological polar surface area (TPSA) is 37.3 Å². The molecule has 0 saturated heterocycles. The van der Waals surface area contributed by atoms with Crippen LogP contribution in [0.3, 0.4) is 0 Å². The van der Waals surface area contributed by atoms with Crippen molar-refractivity contribution in [2.24, 2.45) is 23.7 Å². The van der Waals surface area contributed by atoms with Crippen LogP contribution in [0.15, 0.2) is 0 Å². The molecule has 0 amide bonds. The summed E-state index contributed by atoms with van der Waals surface area (Å²) in [5, 5.41) is 9.11. The molecule has 2 heteroatoms. The summed E-state index contributed by atoms with van der Waals surface area (Å²) in [6.45, 7) is 2.28. The molecule has 0 atom stereocenters. The fraction of sp³-hybridized carbons (Fsp3) is 0.950. The fourth-order valence-electron chi connectivity index (χ4n) is 4.82. The molecule has 2 aliphatic rings. The quantitative estimate of drug-likeness (QED) is 0.555. The lowest BCUT2D eigenvalue weighted by Gasteiger charge is -2.37. The van der Waals surface area contributed by atoms with E-state index < -0.39 is 5.97 Å². The average Bonchev–Trinajstić information content (AvgIpc) is 2.55. The van der Waals surface area contributed by atoms with Gasteiger partial charge in [-0.1, -0.05) is 58.3 Å². The highest BCUT2D eigenvalue weighted by Gasteiger charge is 2.32. The van der Waals surface area contributed by atoms with Gasteiger partial charge >= 0.3 is 5.97 Å². The first-order valence-corrected chi connectivity index (χ1v) is 9.93. The highest BCUT2D eigenvalue weighted by molar-refractivity contribution is 5.69. The monoisotopic (exact) mass is 308 g/mol. The van der Waals surface area contributed by atoms with Crippen molar-refractivity contribution in [1.29, 1.82) is 0 Å². The van der Waals surface area contributed by atoms with Crippen LogP contribution in [0.25, 0.3) is 0 Å². The van der Waals surface area contributed by atoms with Gasteiger partial charge in [0.1, 0.15) is 0 Å². The van der Waals surface area contributed by atoms with Gasteiger partial charge in [-0.25, -0.2) is 0 Å². The van der Waals surface area contributed by atoms with Crippen molar-refractivity contribution in [2.45, 2.75) is 96.8 Å². The lowest BCUT2D eigenvalue weighted by atomic mass is 9.68. The molecule has 1 N–H and O–H groups in total. The molecule has 0 radical (unpaired) electrons. The number of aliphatic carboxylic acids is 1. The second-order valence-electron chi connectivity index (χ2n) is 7.93. The summed E-state index contributed by atoms with van der Waals surface area (Å²) in [6, 6.07) is 0. The average molecular weight is 309 g/mol. The lowest BCUT2D eigenvalue weighted by Crippen LogP contribution is -2.28. The molecule has 0 heterocycles. The molecule has 2 fully saturated rings. The zero-order valence-corrected chi connectivity index (χ0v) is 14.6. The van der Waals surface area contributed by atoms with Gasteiger partial charge in [-0.15, -0.1) is 0 Å². The molecule has 128 valence electrons. The predicted octanol–water partition coefficient (Wildman–Crippen LogP) is 6.04. The normalized spacial score (nSPS) is 32.8. The minimum absolute atomic E-state index is 0.0456. The second kappa shape index (κ2) is 9.57. The third-order valence-electron chi connectivity index (χ3n) is 6.40. The summed E-state index contributed by atoms with van der Waals surface area (Å²) in [4.78, 5) is 11.0. The number of unbranched alkanes of at least 4 members (excludes halogenated alkanes) is 4. The van der Waals surface area contributed by atoms with E-state index >= 15 is 0 Å². The van der Waals surface area contributed by atoms with Crippen molar-refractivity contribution in [3.63, 3.8) is 0 Å². The van der Waals surface area contributed by atoms with Crippen LogP contribution in [-0.2, 0) is 4.79 Å². The van der Waals surface area contributed by atoms with Crippen LogP contribution in [-0.4, -0.2) is 11.1 Å². The first kappa shape index (κ1) is 17.8. The molecule has 0 bridgehead atoms. The number of carboxylic acid groups (broad SMARTS) is 1. The van der Waals surface area contributed by atoms with E-state index in [1.165, 1.54) is 77.0 Å². The fourth-order valence-corrected chi connectivity index (χ4v) is 4.82. The molecular formula is C20H36O2. The third kappa shape index (κ3) is 5.59. The van der Waals surface area contributed by atoms with E-state index in [1.54, 1.807) is 0 Å². The maximum Gasteiger partial charge on any atom is 0.306 e. The van der Waals surface area contributed by atoms with Crippen LogP contribution in [0.2, 0.25) is 0 Å². The van der Waals surface area contributed by atoms with Gasteiger partial charge in [0.2, 0.25) is 0 Å². The Bertz CT molecular complexity index is 310. The SMILES string of the molecule is CCCCCCC[C@H]1CC[C@H]([C@H]2CC[C@H](C(=O)O)CC2)CC1. The molecule has 0 unspecified atom stereocenters. The molecule has 0 aromatic rings. The zero-order valence-electron chi connectivity index (χ0n) is 14.6. The van der Waals surface area contributed by atoms with Crippen LogP contribution < -0.4 is 0 Å². The maximum atomic E-state index is 11.0. The van der Waals surface area contributed by atoms with E-state index in [1.807, 2.05) is 0 Å². The molecule has 2 aliphatic carbocycles. The van der Waals surface area contributed by atoms with Crippen molar-refractivity contribution >= 4 is 5.97 Å². The van der Waals surface area contributed by atoms with Crippen molar-refractivity contribution in [2.75, 3.05) is 0 Å². The first-order valence-electron chi connectivity index (χ1n) is 9.93. The van der Waals surface area contributed by atoms with E-state index in [0.717, 1.165) is 30.6 Å². The van der Waals surface area contributed by atoms with Crippen LogP contribution >= 0.6 is 0 Å². The van der Waals surface area contributed by atoms with Gasteiger partial charge in [0, 0.05) is 0 Å². The van der Waals surface area contributed by atoms with E-state index in [4.69, 9.17) is 5.11 Å². The second-order valence-corrected chi connectivity index (χ2v) is 7.93. The summed E-state index contributed by atoms with van der Waals surface area (Å²) in [7, 11) is 0. The lowest BCUT2D eigenvalue weighted by molar-refractivity contribution is -0.143. The smallest absolute Gasteiger partial charge is 0.306 e.